The first-order valence-electron chi connectivity index (χ1n) is 4.26. The lowest BCUT2D eigenvalue weighted by molar-refractivity contribution is 0.605. The van der Waals surface area contributed by atoms with Gasteiger partial charge in [0.1, 0.15) is 5.52 Å². The molecule has 0 N–H and O–H groups in total. The Labute approximate surface area is 85.1 Å². The van der Waals surface area contributed by atoms with Gasteiger partial charge in [-0.1, -0.05) is 23.7 Å². The Morgan fingerprint density at radius 3 is 2.93 bits per heavy atom. The third-order valence-electron chi connectivity index (χ3n) is 2.28. The van der Waals surface area contributed by atoms with Crippen LogP contribution in [0.4, 0.5) is 0 Å². The predicted octanol–water partition coefficient (Wildman–Crippen LogP) is 3.63. The maximum absolute atomic E-state index is 5.92. The summed E-state index contributed by atoms with van der Waals surface area (Å²) in [6.45, 7) is 0. The lowest BCUT2D eigenvalue weighted by atomic mass is 10.1. The van der Waals surface area contributed by atoms with Gasteiger partial charge in [0.15, 0.2) is 12.0 Å². The average molecular weight is 204 g/mol. The van der Waals surface area contributed by atoms with Crippen molar-refractivity contribution >= 4 is 33.5 Å². The van der Waals surface area contributed by atoms with Crippen molar-refractivity contribution in [2.24, 2.45) is 0 Å². The Morgan fingerprint density at radius 1 is 1.14 bits per heavy atom. The van der Waals surface area contributed by atoms with E-state index in [-0.39, 0.29) is 0 Å². The van der Waals surface area contributed by atoms with E-state index < -0.39 is 0 Å². The smallest absolute Gasteiger partial charge is 0.182 e. The molecule has 0 fully saturated rings. The van der Waals surface area contributed by atoms with Gasteiger partial charge in [0.05, 0.1) is 0 Å². The molecule has 2 nitrogen and oxygen atoms in total. The van der Waals surface area contributed by atoms with Gasteiger partial charge in [-0.3, -0.25) is 0 Å². The number of fused-ring (bicyclic) bond motifs is 3. The van der Waals surface area contributed by atoms with E-state index in [2.05, 4.69) is 4.98 Å². The predicted molar refractivity (Wildman–Crippen MR) is 56.5 cm³/mol. The molecule has 68 valence electrons. The van der Waals surface area contributed by atoms with Crippen LogP contribution in [0.15, 0.2) is 41.1 Å². The molecule has 1 heterocycles. The van der Waals surface area contributed by atoms with Crippen molar-refractivity contribution in [2.75, 3.05) is 0 Å². The Kier molecular flexibility index (Phi) is 1.52. The van der Waals surface area contributed by atoms with Crippen molar-refractivity contribution < 1.29 is 4.42 Å². The van der Waals surface area contributed by atoms with Gasteiger partial charge < -0.3 is 4.42 Å². The van der Waals surface area contributed by atoms with Crippen molar-refractivity contribution in [1.29, 1.82) is 0 Å². The maximum Gasteiger partial charge on any atom is 0.182 e. The second-order valence-electron chi connectivity index (χ2n) is 3.13. The molecule has 3 rings (SSSR count). The number of aromatic nitrogens is 1. The number of hydrogen-bond donors (Lipinski definition) is 0. The number of hydrogen-bond acceptors (Lipinski definition) is 2. The summed E-state index contributed by atoms with van der Waals surface area (Å²) >= 11 is 5.92. The highest BCUT2D eigenvalue weighted by Crippen LogP contribution is 2.26. The van der Waals surface area contributed by atoms with Crippen molar-refractivity contribution in [2.45, 2.75) is 0 Å². The zero-order chi connectivity index (χ0) is 9.54. The van der Waals surface area contributed by atoms with Crippen LogP contribution in [0.1, 0.15) is 0 Å². The molecule has 0 radical (unpaired) electrons. The van der Waals surface area contributed by atoms with Gasteiger partial charge in [-0.2, -0.15) is 0 Å². The molecule has 0 atom stereocenters. The minimum Gasteiger partial charge on any atom is -0.443 e. The maximum atomic E-state index is 5.92. The number of halogens is 1. The molecule has 3 heteroatoms. The van der Waals surface area contributed by atoms with Gasteiger partial charge in [-0.15, -0.1) is 0 Å². The largest absolute Gasteiger partial charge is 0.443 e. The second-order valence-corrected chi connectivity index (χ2v) is 3.57. The van der Waals surface area contributed by atoms with Gasteiger partial charge in [-0.25, -0.2) is 4.98 Å². The molecule has 2 aromatic carbocycles. The van der Waals surface area contributed by atoms with Crippen LogP contribution in [0.3, 0.4) is 0 Å². The fraction of sp³-hybridized carbons (Fsp3) is 0. The first-order chi connectivity index (χ1) is 6.84. The Hall–Kier alpha value is -1.54. The zero-order valence-electron chi connectivity index (χ0n) is 7.20. The summed E-state index contributed by atoms with van der Waals surface area (Å²) in [5.74, 6) is 0. The molecule has 0 aliphatic rings. The van der Waals surface area contributed by atoms with Crippen LogP contribution in [-0.4, -0.2) is 4.98 Å². The van der Waals surface area contributed by atoms with E-state index >= 15 is 0 Å². The zero-order valence-corrected chi connectivity index (χ0v) is 7.95. The van der Waals surface area contributed by atoms with E-state index in [1.807, 2.05) is 30.3 Å². The second kappa shape index (κ2) is 2.72. The van der Waals surface area contributed by atoms with Gasteiger partial charge in [0.2, 0.25) is 0 Å². The standard InChI is InChI=1S/C11H6ClNO/c12-8-3-1-7-2-4-10-11(9(7)5-8)14-6-13-10/h1-6H. The third-order valence-corrected chi connectivity index (χ3v) is 2.51. The Bertz CT molecular complexity index is 615. The van der Waals surface area contributed by atoms with E-state index in [1.54, 1.807) is 0 Å². The SMILES string of the molecule is Clc1ccc2ccc3ncoc3c2c1. The number of benzene rings is 2. The normalized spacial score (nSPS) is 11.2. The Morgan fingerprint density at radius 2 is 2.00 bits per heavy atom. The molecule has 0 amide bonds. The lowest BCUT2D eigenvalue weighted by Crippen LogP contribution is -1.74. The third kappa shape index (κ3) is 1.01. The van der Waals surface area contributed by atoms with E-state index in [9.17, 15) is 0 Å². The first-order valence-corrected chi connectivity index (χ1v) is 4.64. The quantitative estimate of drug-likeness (QED) is 0.558. The van der Waals surface area contributed by atoms with Crippen LogP contribution in [0.25, 0.3) is 21.9 Å². The van der Waals surface area contributed by atoms with E-state index in [4.69, 9.17) is 16.0 Å². The number of nitrogens with zero attached hydrogens (tertiary/aromatic N) is 1. The van der Waals surface area contributed by atoms with Crippen molar-refractivity contribution in [3.8, 4) is 0 Å². The first kappa shape index (κ1) is 7.83. The van der Waals surface area contributed by atoms with Crippen LogP contribution in [0.2, 0.25) is 5.02 Å². The highest BCUT2D eigenvalue weighted by Gasteiger charge is 2.04. The molecule has 14 heavy (non-hydrogen) atoms. The van der Waals surface area contributed by atoms with Crippen LogP contribution < -0.4 is 0 Å². The minimum absolute atomic E-state index is 0.710. The summed E-state index contributed by atoms with van der Waals surface area (Å²) in [6.07, 6.45) is 1.45. The van der Waals surface area contributed by atoms with Gasteiger partial charge in [0.25, 0.3) is 0 Å². The van der Waals surface area contributed by atoms with Crippen molar-refractivity contribution in [3.63, 3.8) is 0 Å². The van der Waals surface area contributed by atoms with Gasteiger partial charge in [0, 0.05) is 10.4 Å². The van der Waals surface area contributed by atoms with Gasteiger partial charge >= 0.3 is 0 Å². The highest BCUT2D eigenvalue weighted by atomic mass is 35.5. The van der Waals surface area contributed by atoms with Crippen LogP contribution >= 0.6 is 11.6 Å². The van der Waals surface area contributed by atoms with Crippen LogP contribution in [0, 0.1) is 0 Å². The van der Waals surface area contributed by atoms with Gasteiger partial charge in [-0.05, 0) is 23.6 Å². The Balaban J connectivity index is 2.60. The van der Waals surface area contributed by atoms with E-state index in [1.165, 1.54) is 6.39 Å². The fourth-order valence-electron chi connectivity index (χ4n) is 1.61. The molecule has 0 spiro atoms. The molecule has 0 unspecified atom stereocenters. The fourth-order valence-corrected chi connectivity index (χ4v) is 1.79. The summed E-state index contributed by atoms with van der Waals surface area (Å²) in [4.78, 5) is 4.09. The van der Waals surface area contributed by atoms with Crippen molar-refractivity contribution in [1.82, 2.24) is 4.98 Å². The summed E-state index contributed by atoms with van der Waals surface area (Å²) in [5, 5.41) is 2.83. The summed E-state index contributed by atoms with van der Waals surface area (Å²) in [6, 6.07) is 9.68. The molecular weight excluding hydrogens is 198 g/mol. The number of rotatable bonds is 0. The minimum atomic E-state index is 0.710. The summed E-state index contributed by atoms with van der Waals surface area (Å²) in [5.41, 5.74) is 1.66. The molecule has 0 bridgehead atoms. The lowest BCUT2D eigenvalue weighted by Gasteiger charge is -1.97. The summed E-state index contributed by atoms with van der Waals surface area (Å²) in [7, 11) is 0. The van der Waals surface area contributed by atoms with Crippen LogP contribution in [-0.2, 0) is 0 Å². The molecule has 0 saturated carbocycles. The average Bonchev–Trinajstić information content (AvgIpc) is 2.65. The highest BCUT2D eigenvalue weighted by molar-refractivity contribution is 6.31. The molecule has 0 aliphatic heterocycles. The van der Waals surface area contributed by atoms with E-state index in [0.29, 0.717) is 5.02 Å². The topological polar surface area (TPSA) is 26.0 Å². The number of oxazole rings is 1. The molecular formula is C11H6ClNO. The van der Waals surface area contributed by atoms with Crippen molar-refractivity contribution in [3.05, 3.63) is 41.7 Å². The van der Waals surface area contributed by atoms with Crippen LogP contribution in [0.5, 0.6) is 0 Å². The monoisotopic (exact) mass is 203 g/mol. The molecule has 3 aromatic rings. The molecule has 1 aromatic heterocycles. The molecule has 0 saturated heterocycles. The molecule has 0 aliphatic carbocycles. The van der Waals surface area contributed by atoms with E-state index in [0.717, 1.165) is 21.9 Å². The summed E-state index contributed by atoms with van der Waals surface area (Å²) < 4.78 is 5.32.